The zero-order chi connectivity index (χ0) is 13.0. The van der Waals surface area contributed by atoms with E-state index in [0.717, 1.165) is 0 Å². The van der Waals surface area contributed by atoms with Crippen molar-refractivity contribution in [3.8, 4) is 11.5 Å². The molecule has 0 fully saturated rings. The van der Waals surface area contributed by atoms with Crippen LogP contribution < -0.4 is 20.3 Å². The van der Waals surface area contributed by atoms with Crippen molar-refractivity contribution >= 4 is 5.97 Å². The van der Waals surface area contributed by atoms with Crippen LogP contribution >= 0.6 is 0 Å². The average molecular weight is 241 g/mol. The van der Waals surface area contributed by atoms with Crippen molar-refractivity contribution in [2.75, 3.05) is 14.2 Å². The lowest BCUT2D eigenvalue weighted by atomic mass is 10.0. The van der Waals surface area contributed by atoms with E-state index in [1.165, 1.54) is 14.2 Å². The summed E-state index contributed by atoms with van der Waals surface area (Å²) in [5, 5.41) is 19.9. The summed E-state index contributed by atoms with van der Waals surface area (Å²) < 4.78 is 10.1. The highest BCUT2D eigenvalue weighted by atomic mass is 16.5. The standard InChI is InChI=1S/C11H15NO5/c1-16-7-3-6(4-8(5-7)17-2)9(12)10(13)11(14)15/h3-5,9-10,13H,12H2,1-2H3,(H,14,15)/t9-,10-/m1/s1. The highest BCUT2D eigenvalue weighted by Crippen LogP contribution is 2.26. The summed E-state index contributed by atoms with van der Waals surface area (Å²) in [6, 6.07) is 3.96. The fourth-order valence-corrected chi connectivity index (χ4v) is 1.39. The number of hydrogen-bond acceptors (Lipinski definition) is 5. The number of carboxylic acids is 1. The SMILES string of the molecule is COc1cc(OC)cc([C@@H]([NH3+])[C@@H](O)C(=O)[O-])c1. The Hall–Kier alpha value is -1.79. The van der Waals surface area contributed by atoms with Gasteiger partial charge in [-0.1, -0.05) is 0 Å². The van der Waals surface area contributed by atoms with Gasteiger partial charge in [0.1, 0.15) is 23.6 Å². The molecule has 0 amide bonds. The van der Waals surface area contributed by atoms with E-state index < -0.39 is 18.1 Å². The van der Waals surface area contributed by atoms with Crippen LogP contribution in [0.1, 0.15) is 11.6 Å². The van der Waals surface area contributed by atoms with Crippen LogP contribution in [0.3, 0.4) is 0 Å². The molecule has 1 aromatic rings. The predicted octanol–water partition coefficient (Wildman–Crippen LogP) is -1.90. The van der Waals surface area contributed by atoms with Crippen LogP contribution in [-0.2, 0) is 4.79 Å². The van der Waals surface area contributed by atoms with Gasteiger partial charge in [0.2, 0.25) is 0 Å². The van der Waals surface area contributed by atoms with Gasteiger partial charge in [-0.25, -0.2) is 0 Å². The lowest BCUT2D eigenvalue weighted by Crippen LogP contribution is -2.62. The summed E-state index contributed by atoms with van der Waals surface area (Å²) in [5.74, 6) is -0.566. The summed E-state index contributed by atoms with van der Waals surface area (Å²) in [7, 11) is 2.96. The molecule has 0 spiro atoms. The molecular formula is C11H15NO5. The van der Waals surface area contributed by atoms with Crippen LogP contribution in [0.25, 0.3) is 0 Å². The number of methoxy groups -OCH3 is 2. The number of aliphatic carboxylic acids is 1. The summed E-state index contributed by atoms with van der Waals surface area (Å²) in [6.45, 7) is 0. The van der Waals surface area contributed by atoms with Crippen molar-refractivity contribution in [2.24, 2.45) is 0 Å². The maximum atomic E-state index is 10.6. The summed E-state index contributed by atoms with van der Waals surface area (Å²) in [6.07, 6.45) is -1.67. The number of aliphatic hydroxyl groups excluding tert-OH is 1. The Bertz CT molecular complexity index is 385. The second-order valence-electron chi connectivity index (χ2n) is 3.52. The second-order valence-corrected chi connectivity index (χ2v) is 3.52. The normalized spacial score (nSPS) is 13.9. The minimum Gasteiger partial charge on any atom is -0.547 e. The third kappa shape index (κ3) is 3.08. The molecule has 1 rings (SSSR count). The van der Waals surface area contributed by atoms with Crippen LogP contribution in [0.2, 0.25) is 0 Å². The zero-order valence-electron chi connectivity index (χ0n) is 9.67. The fourth-order valence-electron chi connectivity index (χ4n) is 1.39. The third-order valence-corrected chi connectivity index (χ3v) is 2.42. The number of quaternary nitrogens is 1. The van der Waals surface area contributed by atoms with Crippen LogP contribution in [0, 0.1) is 0 Å². The van der Waals surface area contributed by atoms with Crippen molar-refractivity contribution < 1.29 is 30.2 Å². The maximum Gasteiger partial charge on any atom is 0.149 e. The van der Waals surface area contributed by atoms with E-state index in [1.54, 1.807) is 18.2 Å². The van der Waals surface area contributed by atoms with Crippen LogP contribution in [-0.4, -0.2) is 31.4 Å². The summed E-state index contributed by atoms with van der Waals surface area (Å²) in [4.78, 5) is 10.6. The molecule has 6 nitrogen and oxygen atoms in total. The van der Waals surface area contributed by atoms with E-state index in [0.29, 0.717) is 17.1 Å². The first-order valence-corrected chi connectivity index (χ1v) is 4.94. The number of aliphatic hydroxyl groups is 1. The molecule has 0 aliphatic rings. The minimum absolute atomic E-state index is 0.498. The van der Waals surface area contributed by atoms with Crippen LogP contribution in [0.5, 0.6) is 11.5 Å². The van der Waals surface area contributed by atoms with E-state index in [9.17, 15) is 15.0 Å². The monoisotopic (exact) mass is 241 g/mol. The molecule has 0 radical (unpaired) electrons. The van der Waals surface area contributed by atoms with Gasteiger partial charge in [-0.05, 0) is 12.1 Å². The highest BCUT2D eigenvalue weighted by molar-refractivity contribution is 5.70. The van der Waals surface area contributed by atoms with Crippen molar-refractivity contribution in [2.45, 2.75) is 12.1 Å². The Morgan fingerprint density at radius 3 is 2.12 bits per heavy atom. The van der Waals surface area contributed by atoms with Crippen LogP contribution in [0.4, 0.5) is 0 Å². The van der Waals surface area contributed by atoms with Gasteiger partial charge in [-0.15, -0.1) is 0 Å². The van der Waals surface area contributed by atoms with Gasteiger partial charge in [-0.2, -0.15) is 0 Å². The first-order chi connectivity index (χ1) is 7.99. The molecule has 0 aliphatic carbocycles. The number of carbonyl (C=O) groups excluding carboxylic acids is 1. The van der Waals surface area contributed by atoms with Gasteiger partial charge in [0.05, 0.1) is 20.2 Å². The summed E-state index contributed by atoms with van der Waals surface area (Å²) >= 11 is 0. The van der Waals surface area contributed by atoms with E-state index in [4.69, 9.17) is 9.47 Å². The van der Waals surface area contributed by atoms with Crippen molar-refractivity contribution in [3.05, 3.63) is 23.8 Å². The largest absolute Gasteiger partial charge is 0.547 e. The van der Waals surface area contributed by atoms with Gasteiger partial charge in [0, 0.05) is 11.6 Å². The molecule has 6 heteroatoms. The van der Waals surface area contributed by atoms with E-state index in [2.05, 4.69) is 5.73 Å². The molecule has 1 aromatic carbocycles. The average Bonchev–Trinajstić information content (AvgIpc) is 2.35. The smallest absolute Gasteiger partial charge is 0.149 e. The zero-order valence-corrected chi connectivity index (χ0v) is 9.67. The van der Waals surface area contributed by atoms with Crippen LogP contribution in [0.15, 0.2) is 18.2 Å². The molecular weight excluding hydrogens is 226 g/mol. The van der Waals surface area contributed by atoms with Crippen molar-refractivity contribution in [3.63, 3.8) is 0 Å². The Morgan fingerprint density at radius 2 is 1.76 bits per heavy atom. The number of rotatable bonds is 5. The molecule has 0 saturated carbocycles. The van der Waals surface area contributed by atoms with Gasteiger partial charge in [-0.3, -0.25) is 0 Å². The van der Waals surface area contributed by atoms with Crippen molar-refractivity contribution in [1.82, 2.24) is 0 Å². The van der Waals surface area contributed by atoms with Gasteiger partial charge in [0.25, 0.3) is 0 Å². The minimum atomic E-state index is -1.67. The fraction of sp³-hybridized carbons (Fsp3) is 0.364. The Labute approximate surface area is 98.6 Å². The highest BCUT2D eigenvalue weighted by Gasteiger charge is 2.22. The first kappa shape index (κ1) is 13.3. The summed E-state index contributed by atoms with van der Waals surface area (Å²) in [5.41, 5.74) is 4.10. The number of ether oxygens (including phenoxy) is 2. The molecule has 17 heavy (non-hydrogen) atoms. The number of hydrogen-bond donors (Lipinski definition) is 2. The molecule has 0 bridgehead atoms. The lowest BCUT2D eigenvalue weighted by Gasteiger charge is -2.18. The lowest BCUT2D eigenvalue weighted by molar-refractivity contribution is -0.448. The molecule has 0 unspecified atom stereocenters. The Morgan fingerprint density at radius 1 is 1.29 bits per heavy atom. The topological polar surface area (TPSA) is 106 Å². The molecule has 4 N–H and O–H groups in total. The van der Waals surface area contributed by atoms with E-state index in [-0.39, 0.29) is 0 Å². The second kappa shape index (κ2) is 5.51. The predicted molar refractivity (Wildman–Crippen MR) is 56.2 cm³/mol. The van der Waals surface area contributed by atoms with Gasteiger partial charge >= 0.3 is 0 Å². The number of carbonyl (C=O) groups is 1. The molecule has 0 aliphatic heterocycles. The molecule has 0 aromatic heterocycles. The van der Waals surface area contributed by atoms with Crippen molar-refractivity contribution in [1.29, 1.82) is 0 Å². The van der Waals surface area contributed by atoms with Gasteiger partial charge in [0.15, 0.2) is 0 Å². The molecule has 2 atom stereocenters. The number of carboxylic acid groups (broad SMARTS) is 1. The molecule has 0 saturated heterocycles. The van der Waals surface area contributed by atoms with E-state index in [1.807, 2.05) is 0 Å². The van der Waals surface area contributed by atoms with Gasteiger partial charge < -0.3 is 30.2 Å². The van der Waals surface area contributed by atoms with E-state index >= 15 is 0 Å². The number of benzene rings is 1. The third-order valence-electron chi connectivity index (χ3n) is 2.42. The molecule has 94 valence electrons. The molecule has 0 heterocycles. The quantitative estimate of drug-likeness (QED) is 0.626. The first-order valence-electron chi connectivity index (χ1n) is 4.94. The Kier molecular flexibility index (Phi) is 4.30. The maximum absolute atomic E-state index is 10.6. The Balaban J connectivity index is 3.07.